The maximum absolute atomic E-state index is 13.4. The van der Waals surface area contributed by atoms with Crippen molar-refractivity contribution in [2.24, 2.45) is 0 Å². The molecule has 0 aliphatic rings. The fourth-order valence-electron chi connectivity index (χ4n) is 3.03. The highest BCUT2D eigenvalue weighted by Gasteiger charge is 2.23. The minimum Gasteiger partial charge on any atom is -0.493 e. The van der Waals surface area contributed by atoms with Gasteiger partial charge in [-0.1, -0.05) is 6.07 Å². The van der Waals surface area contributed by atoms with Gasteiger partial charge in [0.05, 0.1) is 24.8 Å². The van der Waals surface area contributed by atoms with Crippen molar-refractivity contribution in [2.75, 3.05) is 26.2 Å². The minimum atomic E-state index is -0.397. The van der Waals surface area contributed by atoms with Crippen LogP contribution in [0.3, 0.4) is 0 Å². The molecule has 7 nitrogen and oxygen atoms in total. The van der Waals surface area contributed by atoms with Crippen molar-refractivity contribution < 1.29 is 18.7 Å². The van der Waals surface area contributed by atoms with E-state index in [1.807, 2.05) is 17.5 Å². The second-order valence-corrected chi connectivity index (χ2v) is 7.48. The fourth-order valence-corrected chi connectivity index (χ4v) is 3.73. The van der Waals surface area contributed by atoms with Gasteiger partial charge in [0.1, 0.15) is 5.82 Å². The third kappa shape index (κ3) is 3.99. The first-order valence-corrected chi connectivity index (χ1v) is 10.2. The van der Waals surface area contributed by atoms with E-state index in [0.29, 0.717) is 28.7 Å². The van der Waals surface area contributed by atoms with Crippen molar-refractivity contribution in [3.05, 3.63) is 71.6 Å². The predicted octanol–water partition coefficient (Wildman–Crippen LogP) is 4.43. The molecule has 2 aromatic carbocycles. The summed E-state index contributed by atoms with van der Waals surface area (Å²) in [4.78, 5) is 19.9. The summed E-state index contributed by atoms with van der Waals surface area (Å²) in [5.74, 6) is 0.835. The zero-order valence-corrected chi connectivity index (χ0v) is 17.9. The van der Waals surface area contributed by atoms with Gasteiger partial charge in [0.25, 0.3) is 5.91 Å². The first-order valence-electron chi connectivity index (χ1n) is 9.28. The van der Waals surface area contributed by atoms with Gasteiger partial charge >= 0.3 is 0 Å². The van der Waals surface area contributed by atoms with Gasteiger partial charge in [0, 0.05) is 18.8 Å². The standard InChI is InChI=1S/C22H19FN4O3S/c1-26(16-10-11-17(29-2)18(13-16)30-3)22(28)20-24-21(19-5-4-12-31-19)27(25-20)15-8-6-14(23)7-9-15/h4-13H,1-3H3. The number of ether oxygens (including phenoxy) is 2. The summed E-state index contributed by atoms with van der Waals surface area (Å²) < 4.78 is 25.5. The Morgan fingerprint density at radius 3 is 2.45 bits per heavy atom. The van der Waals surface area contributed by atoms with Crippen LogP contribution in [0.4, 0.5) is 10.1 Å². The molecule has 0 spiro atoms. The lowest BCUT2D eigenvalue weighted by atomic mass is 10.2. The number of carbonyl (C=O) groups excluding carboxylic acids is 1. The lowest BCUT2D eigenvalue weighted by molar-refractivity contribution is 0.0983. The molecule has 31 heavy (non-hydrogen) atoms. The van der Waals surface area contributed by atoms with Crippen LogP contribution in [-0.2, 0) is 0 Å². The minimum absolute atomic E-state index is 0.0185. The molecule has 0 bridgehead atoms. The van der Waals surface area contributed by atoms with E-state index in [0.717, 1.165) is 4.88 Å². The molecule has 0 saturated carbocycles. The second-order valence-electron chi connectivity index (χ2n) is 6.53. The number of benzene rings is 2. The first-order chi connectivity index (χ1) is 15.0. The molecular formula is C22H19FN4O3S. The van der Waals surface area contributed by atoms with Gasteiger partial charge < -0.3 is 14.4 Å². The smallest absolute Gasteiger partial charge is 0.297 e. The van der Waals surface area contributed by atoms with Crippen molar-refractivity contribution in [2.45, 2.75) is 0 Å². The summed E-state index contributed by atoms with van der Waals surface area (Å²) in [5.41, 5.74) is 1.20. The Labute approximate surface area is 182 Å². The van der Waals surface area contributed by atoms with Crippen molar-refractivity contribution in [3.63, 3.8) is 0 Å². The largest absolute Gasteiger partial charge is 0.493 e. The number of amides is 1. The highest BCUT2D eigenvalue weighted by molar-refractivity contribution is 7.13. The Bertz CT molecular complexity index is 1210. The normalized spacial score (nSPS) is 10.7. The SMILES string of the molecule is COc1ccc(N(C)C(=O)c2nc(-c3cccs3)n(-c3ccc(F)cc3)n2)cc1OC. The zero-order valence-electron chi connectivity index (χ0n) is 17.1. The Balaban J connectivity index is 1.73. The number of hydrogen-bond acceptors (Lipinski definition) is 6. The van der Waals surface area contributed by atoms with Gasteiger partial charge in [-0.05, 0) is 47.8 Å². The van der Waals surface area contributed by atoms with Crippen LogP contribution in [0.15, 0.2) is 60.0 Å². The highest BCUT2D eigenvalue weighted by atomic mass is 32.1. The van der Waals surface area contributed by atoms with E-state index in [2.05, 4.69) is 10.1 Å². The summed E-state index contributed by atoms with van der Waals surface area (Å²) in [7, 11) is 4.71. The van der Waals surface area contributed by atoms with Gasteiger partial charge in [0.15, 0.2) is 17.3 Å². The average Bonchev–Trinajstić information content (AvgIpc) is 3.48. The molecule has 2 heterocycles. The topological polar surface area (TPSA) is 69.5 Å². The Morgan fingerprint density at radius 2 is 1.81 bits per heavy atom. The molecule has 4 aromatic rings. The van der Waals surface area contributed by atoms with Crippen LogP contribution in [0, 0.1) is 5.82 Å². The molecule has 1 amide bonds. The number of thiophene rings is 1. The van der Waals surface area contributed by atoms with Crippen LogP contribution in [0.2, 0.25) is 0 Å². The number of aromatic nitrogens is 3. The lowest BCUT2D eigenvalue weighted by Gasteiger charge is -2.17. The number of methoxy groups -OCH3 is 2. The number of carbonyl (C=O) groups is 1. The Hall–Kier alpha value is -3.72. The van der Waals surface area contributed by atoms with Crippen molar-refractivity contribution >= 4 is 22.9 Å². The molecule has 2 aromatic heterocycles. The lowest BCUT2D eigenvalue weighted by Crippen LogP contribution is -2.27. The van der Waals surface area contributed by atoms with Crippen LogP contribution in [0.25, 0.3) is 16.4 Å². The van der Waals surface area contributed by atoms with Crippen LogP contribution < -0.4 is 14.4 Å². The molecule has 0 unspecified atom stereocenters. The van der Waals surface area contributed by atoms with Gasteiger partial charge in [-0.15, -0.1) is 16.4 Å². The molecule has 0 radical (unpaired) electrons. The number of hydrogen-bond donors (Lipinski definition) is 0. The summed E-state index contributed by atoms with van der Waals surface area (Å²) >= 11 is 1.47. The molecular weight excluding hydrogens is 419 g/mol. The van der Waals surface area contributed by atoms with E-state index in [9.17, 15) is 9.18 Å². The van der Waals surface area contributed by atoms with Crippen molar-refractivity contribution in [1.82, 2.24) is 14.8 Å². The van der Waals surface area contributed by atoms with Crippen LogP contribution in [-0.4, -0.2) is 41.9 Å². The number of rotatable bonds is 6. The predicted molar refractivity (Wildman–Crippen MR) is 117 cm³/mol. The number of halogens is 1. The molecule has 0 N–H and O–H groups in total. The zero-order chi connectivity index (χ0) is 22.0. The molecule has 4 rings (SSSR count). The second kappa shape index (κ2) is 8.57. The van der Waals surface area contributed by atoms with Gasteiger partial charge in [-0.25, -0.2) is 14.1 Å². The average molecular weight is 438 g/mol. The molecule has 0 atom stereocenters. The fraction of sp³-hybridized carbons (Fsp3) is 0.136. The van der Waals surface area contributed by atoms with E-state index >= 15 is 0 Å². The Kier molecular flexibility index (Phi) is 5.68. The van der Waals surface area contributed by atoms with Gasteiger partial charge in [0.2, 0.25) is 5.82 Å². The quantitative estimate of drug-likeness (QED) is 0.446. The number of anilines is 1. The monoisotopic (exact) mass is 438 g/mol. The molecule has 9 heteroatoms. The summed E-state index contributed by atoms with van der Waals surface area (Å²) in [6.45, 7) is 0. The summed E-state index contributed by atoms with van der Waals surface area (Å²) in [6, 6.07) is 14.8. The van der Waals surface area contributed by atoms with E-state index in [1.54, 1.807) is 49.2 Å². The highest BCUT2D eigenvalue weighted by Crippen LogP contribution is 2.32. The van der Waals surface area contributed by atoms with Crippen LogP contribution >= 0.6 is 11.3 Å². The molecule has 0 fully saturated rings. The summed E-state index contributed by atoms with van der Waals surface area (Å²) in [6.07, 6.45) is 0. The van der Waals surface area contributed by atoms with E-state index in [1.165, 1.54) is 35.5 Å². The molecule has 158 valence electrons. The van der Waals surface area contributed by atoms with Crippen LogP contribution in [0.1, 0.15) is 10.6 Å². The van der Waals surface area contributed by atoms with E-state index < -0.39 is 5.91 Å². The van der Waals surface area contributed by atoms with Crippen molar-refractivity contribution in [3.8, 4) is 27.9 Å². The maximum Gasteiger partial charge on any atom is 0.297 e. The van der Waals surface area contributed by atoms with Gasteiger partial charge in [-0.2, -0.15) is 0 Å². The third-order valence-electron chi connectivity index (χ3n) is 4.67. The Morgan fingerprint density at radius 1 is 1.06 bits per heavy atom. The maximum atomic E-state index is 13.4. The third-order valence-corrected chi connectivity index (χ3v) is 5.54. The summed E-state index contributed by atoms with van der Waals surface area (Å²) in [5, 5.41) is 6.34. The van der Waals surface area contributed by atoms with E-state index in [-0.39, 0.29) is 11.6 Å². The van der Waals surface area contributed by atoms with Gasteiger partial charge in [-0.3, -0.25) is 4.79 Å². The van der Waals surface area contributed by atoms with Crippen molar-refractivity contribution in [1.29, 1.82) is 0 Å². The van der Waals surface area contributed by atoms with Crippen LogP contribution in [0.5, 0.6) is 11.5 Å². The first kappa shape index (κ1) is 20.5. The molecule has 0 aliphatic carbocycles. The number of nitrogens with zero attached hydrogens (tertiary/aromatic N) is 4. The molecule has 0 aliphatic heterocycles. The molecule has 0 saturated heterocycles. The van der Waals surface area contributed by atoms with E-state index in [4.69, 9.17) is 9.47 Å².